The quantitative estimate of drug-likeness (QED) is 0.782. The number of carbonyl (C=O) groups is 2. The summed E-state index contributed by atoms with van der Waals surface area (Å²) in [6.07, 6.45) is -0.250. The van der Waals surface area contributed by atoms with Crippen molar-refractivity contribution < 1.29 is 23.9 Å². The zero-order chi connectivity index (χ0) is 18.0. The fraction of sp³-hybridized carbons (Fsp3) is 0.556. The zero-order valence-electron chi connectivity index (χ0n) is 14.7. The highest BCUT2D eigenvalue weighted by Gasteiger charge is 2.56. The average Bonchev–Trinajstić information content (AvgIpc) is 3.07. The van der Waals surface area contributed by atoms with Gasteiger partial charge in [-0.05, 0) is 39.3 Å². The van der Waals surface area contributed by atoms with Gasteiger partial charge in [-0.1, -0.05) is 18.2 Å². The molecule has 1 aromatic rings. The average molecular weight is 348 g/mol. The lowest BCUT2D eigenvalue weighted by molar-refractivity contribution is -0.164. The van der Waals surface area contributed by atoms with E-state index in [1.807, 2.05) is 26.8 Å². The van der Waals surface area contributed by atoms with Crippen molar-refractivity contribution in [3.05, 3.63) is 35.9 Å². The molecular weight excluding hydrogens is 324 g/mol. The van der Waals surface area contributed by atoms with Gasteiger partial charge in [0.25, 0.3) is 0 Å². The molecule has 0 bridgehead atoms. The third-order valence-corrected chi connectivity index (χ3v) is 4.46. The minimum atomic E-state index is -0.774. The lowest BCUT2D eigenvalue weighted by atomic mass is 10.0. The molecule has 0 unspecified atom stereocenters. The number of benzene rings is 1. The number of hydrogen-bond acceptors (Lipinski definition) is 6. The molecule has 0 aromatic heterocycles. The molecule has 1 aliphatic carbocycles. The van der Waals surface area contributed by atoms with Crippen molar-refractivity contribution in [3.8, 4) is 0 Å². The van der Waals surface area contributed by atoms with Gasteiger partial charge in [0.2, 0.25) is 5.91 Å². The number of ether oxygens (including phenoxy) is 2. The van der Waals surface area contributed by atoms with Crippen LogP contribution in [0.5, 0.6) is 0 Å². The molecule has 2 aliphatic rings. The third-order valence-electron chi connectivity index (χ3n) is 4.46. The van der Waals surface area contributed by atoms with Gasteiger partial charge in [-0.25, -0.2) is 4.79 Å². The zero-order valence-corrected chi connectivity index (χ0v) is 14.7. The minimum absolute atomic E-state index is 0.0718. The Labute approximate surface area is 147 Å². The van der Waals surface area contributed by atoms with Crippen molar-refractivity contribution in [1.29, 1.82) is 0 Å². The van der Waals surface area contributed by atoms with Gasteiger partial charge in [0.15, 0.2) is 5.79 Å². The van der Waals surface area contributed by atoms with Gasteiger partial charge in [-0.3, -0.25) is 4.79 Å². The second-order valence-corrected chi connectivity index (χ2v) is 6.78. The Kier molecular flexibility index (Phi) is 5.08. The Morgan fingerprint density at radius 2 is 1.88 bits per heavy atom. The van der Waals surface area contributed by atoms with Crippen LogP contribution in [-0.4, -0.2) is 42.5 Å². The Morgan fingerprint density at radius 3 is 2.56 bits per heavy atom. The molecule has 2 fully saturated rings. The molecule has 1 saturated heterocycles. The molecule has 0 spiro atoms. The molecule has 7 nitrogen and oxygen atoms in total. The van der Waals surface area contributed by atoms with Crippen LogP contribution in [0.1, 0.15) is 37.6 Å². The van der Waals surface area contributed by atoms with Crippen LogP contribution in [0.3, 0.4) is 0 Å². The Morgan fingerprint density at radius 1 is 1.20 bits per heavy atom. The molecule has 136 valence electrons. The van der Waals surface area contributed by atoms with Gasteiger partial charge in [0, 0.05) is 6.54 Å². The van der Waals surface area contributed by atoms with E-state index in [2.05, 4.69) is 10.8 Å². The van der Waals surface area contributed by atoms with Crippen LogP contribution in [0.2, 0.25) is 0 Å². The van der Waals surface area contributed by atoms with Crippen LogP contribution in [0.4, 0.5) is 0 Å². The fourth-order valence-corrected chi connectivity index (χ4v) is 3.42. The van der Waals surface area contributed by atoms with Gasteiger partial charge in [-0.15, -0.1) is 5.48 Å². The highest BCUT2D eigenvalue weighted by molar-refractivity contribution is 5.89. The van der Waals surface area contributed by atoms with E-state index in [-0.39, 0.29) is 30.1 Å². The van der Waals surface area contributed by atoms with Crippen molar-refractivity contribution >= 4 is 11.9 Å². The smallest absolute Gasteiger partial charge is 0.356 e. The molecule has 1 amide bonds. The monoisotopic (exact) mass is 348 g/mol. The second kappa shape index (κ2) is 7.11. The lowest BCUT2D eigenvalue weighted by Gasteiger charge is -2.23. The van der Waals surface area contributed by atoms with E-state index in [1.165, 1.54) is 0 Å². The molecule has 7 heteroatoms. The summed E-state index contributed by atoms with van der Waals surface area (Å²) in [5, 5.41) is 2.83. The number of rotatable bonds is 5. The summed E-state index contributed by atoms with van der Waals surface area (Å²) in [5.41, 5.74) is 3.23. The van der Waals surface area contributed by atoms with Crippen molar-refractivity contribution in [1.82, 2.24) is 10.8 Å². The topological polar surface area (TPSA) is 85.9 Å². The SMILES string of the molecule is CCNC(=O)[C@H]1C[C@@H](NOC(=O)c2ccccc2)[C@@H]2OC(C)(C)O[C@@H]21. The minimum Gasteiger partial charge on any atom is -0.366 e. The highest BCUT2D eigenvalue weighted by atomic mass is 16.8. The molecule has 2 N–H and O–H groups in total. The standard InChI is InChI=1S/C18H24N2O5/c1-4-19-16(21)12-10-13(15-14(12)23-18(2,3)24-15)20-25-17(22)11-8-6-5-7-9-11/h5-9,12-15,20H,4,10H2,1-3H3,(H,19,21)/t12-,13+,14+,15-/m0/s1. The molecule has 1 aromatic carbocycles. The third kappa shape index (κ3) is 3.84. The van der Waals surface area contributed by atoms with Crippen LogP contribution in [0.15, 0.2) is 30.3 Å². The molecular formula is C18H24N2O5. The van der Waals surface area contributed by atoms with Crippen LogP contribution in [0, 0.1) is 5.92 Å². The summed E-state index contributed by atoms with van der Waals surface area (Å²) in [5.74, 6) is -1.67. The number of nitrogens with one attached hydrogen (secondary N) is 2. The Bertz CT molecular complexity index is 634. The van der Waals surface area contributed by atoms with Gasteiger partial charge in [0.1, 0.15) is 12.2 Å². The maximum absolute atomic E-state index is 12.3. The number of hydroxylamine groups is 1. The van der Waals surface area contributed by atoms with E-state index in [1.54, 1.807) is 24.3 Å². The van der Waals surface area contributed by atoms with E-state index in [9.17, 15) is 9.59 Å². The molecule has 25 heavy (non-hydrogen) atoms. The first-order valence-electron chi connectivity index (χ1n) is 8.56. The van der Waals surface area contributed by atoms with Gasteiger partial charge in [-0.2, -0.15) is 0 Å². The summed E-state index contributed by atoms with van der Waals surface area (Å²) < 4.78 is 11.8. The maximum Gasteiger partial charge on any atom is 0.356 e. The Balaban J connectivity index is 1.66. The summed E-state index contributed by atoms with van der Waals surface area (Å²) in [6, 6.07) is 8.41. The first-order valence-corrected chi connectivity index (χ1v) is 8.56. The van der Waals surface area contributed by atoms with Crippen molar-refractivity contribution in [3.63, 3.8) is 0 Å². The van der Waals surface area contributed by atoms with Crippen molar-refractivity contribution in [2.24, 2.45) is 5.92 Å². The summed E-state index contributed by atoms with van der Waals surface area (Å²) in [7, 11) is 0. The summed E-state index contributed by atoms with van der Waals surface area (Å²) in [4.78, 5) is 29.6. The van der Waals surface area contributed by atoms with Crippen molar-refractivity contribution in [2.45, 2.75) is 51.2 Å². The molecule has 3 rings (SSSR count). The number of carbonyl (C=O) groups excluding carboxylic acids is 2. The maximum atomic E-state index is 12.3. The second-order valence-electron chi connectivity index (χ2n) is 6.78. The van der Waals surface area contributed by atoms with Crippen LogP contribution < -0.4 is 10.8 Å². The molecule has 1 aliphatic heterocycles. The largest absolute Gasteiger partial charge is 0.366 e. The van der Waals surface area contributed by atoms with E-state index in [0.717, 1.165) is 0 Å². The van der Waals surface area contributed by atoms with E-state index >= 15 is 0 Å². The summed E-state index contributed by atoms with van der Waals surface area (Å²) >= 11 is 0. The normalized spacial score (nSPS) is 29.9. The van der Waals surface area contributed by atoms with Gasteiger partial charge in [0.05, 0.1) is 17.5 Å². The van der Waals surface area contributed by atoms with Crippen LogP contribution in [0.25, 0.3) is 0 Å². The predicted octanol–water partition coefficient (Wildman–Crippen LogP) is 1.39. The molecule has 0 radical (unpaired) electrons. The molecule has 1 saturated carbocycles. The van der Waals surface area contributed by atoms with E-state index in [4.69, 9.17) is 14.3 Å². The Hall–Kier alpha value is -1.96. The van der Waals surface area contributed by atoms with Gasteiger partial charge < -0.3 is 19.6 Å². The first-order chi connectivity index (χ1) is 11.9. The number of amides is 1. The number of fused-ring (bicyclic) bond motifs is 1. The highest BCUT2D eigenvalue weighted by Crippen LogP contribution is 2.41. The van der Waals surface area contributed by atoms with Crippen LogP contribution in [-0.2, 0) is 19.1 Å². The summed E-state index contributed by atoms with van der Waals surface area (Å²) in [6.45, 7) is 6.05. The number of hydrogen-bond donors (Lipinski definition) is 2. The molecule has 1 heterocycles. The van der Waals surface area contributed by atoms with E-state index < -0.39 is 11.8 Å². The van der Waals surface area contributed by atoms with Crippen LogP contribution >= 0.6 is 0 Å². The van der Waals surface area contributed by atoms with Crippen molar-refractivity contribution in [2.75, 3.05) is 6.54 Å². The fourth-order valence-electron chi connectivity index (χ4n) is 3.42. The molecule has 4 atom stereocenters. The predicted molar refractivity (Wildman–Crippen MR) is 89.4 cm³/mol. The van der Waals surface area contributed by atoms with E-state index in [0.29, 0.717) is 18.5 Å². The lowest BCUT2D eigenvalue weighted by Crippen LogP contribution is -2.40. The van der Waals surface area contributed by atoms with Gasteiger partial charge >= 0.3 is 5.97 Å². The first kappa shape index (κ1) is 17.8.